The Morgan fingerprint density at radius 1 is 0.714 bits per heavy atom. The molecule has 6 rings (SSSR count). The summed E-state index contributed by atoms with van der Waals surface area (Å²) in [4.78, 5) is 0. The predicted molar refractivity (Wildman–Crippen MR) is 194 cm³/mol. The second kappa shape index (κ2) is 16.7. The van der Waals surface area contributed by atoms with E-state index in [0.29, 0.717) is 19.6 Å². The highest BCUT2D eigenvalue weighted by Crippen LogP contribution is 2.35. The lowest BCUT2D eigenvalue weighted by atomic mass is 9.84. The van der Waals surface area contributed by atoms with Crippen molar-refractivity contribution < 1.29 is 29.2 Å². The number of hydrogen-bond donors (Lipinski definition) is 6. The van der Waals surface area contributed by atoms with Crippen LogP contribution in [0.2, 0.25) is 0 Å². The van der Waals surface area contributed by atoms with Gasteiger partial charge in [-0.3, -0.25) is 0 Å². The fourth-order valence-corrected chi connectivity index (χ4v) is 7.84. The Kier molecular flexibility index (Phi) is 12.4. The summed E-state index contributed by atoms with van der Waals surface area (Å²) in [5.74, 6) is 0. The summed E-state index contributed by atoms with van der Waals surface area (Å²) in [5, 5.41) is 30.1. The molecule has 10 atom stereocenters. The van der Waals surface area contributed by atoms with Gasteiger partial charge in [0.1, 0.15) is 36.6 Å². The minimum absolute atomic E-state index is 0.0526. The van der Waals surface area contributed by atoms with Crippen LogP contribution in [-0.4, -0.2) is 91.0 Å². The van der Waals surface area contributed by atoms with Crippen LogP contribution in [0.25, 0.3) is 32.3 Å². The molecule has 10 nitrogen and oxygen atoms in total. The minimum atomic E-state index is -1.06. The molecule has 1 heterocycles. The Balaban J connectivity index is 1.03. The van der Waals surface area contributed by atoms with Crippen LogP contribution < -0.4 is 22.9 Å². The molecule has 4 aromatic carbocycles. The van der Waals surface area contributed by atoms with Crippen LogP contribution in [0, 0.1) is 0 Å². The first-order valence-electron chi connectivity index (χ1n) is 18.3. The molecule has 0 bridgehead atoms. The zero-order valence-electron chi connectivity index (χ0n) is 28.8. The van der Waals surface area contributed by atoms with Gasteiger partial charge in [0.25, 0.3) is 0 Å². The minimum Gasteiger partial charge on any atom is -0.388 e. The normalized spacial score (nSPS) is 30.9. The molecule has 0 unspecified atom stereocenters. The van der Waals surface area contributed by atoms with Crippen LogP contribution >= 0.6 is 0 Å². The van der Waals surface area contributed by atoms with Crippen molar-refractivity contribution in [3.63, 3.8) is 0 Å². The second-order valence-electron chi connectivity index (χ2n) is 14.2. The highest BCUT2D eigenvalue weighted by Gasteiger charge is 2.49. The Morgan fingerprint density at radius 3 is 1.98 bits per heavy atom. The quantitative estimate of drug-likeness (QED) is 0.0754. The third-order valence-corrected chi connectivity index (χ3v) is 10.6. The van der Waals surface area contributed by atoms with Gasteiger partial charge in [0, 0.05) is 31.8 Å². The van der Waals surface area contributed by atoms with Crippen molar-refractivity contribution in [2.75, 3.05) is 19.8 Å². The van der Waals surface area contributed by atoms with Crippen LogP contribution in [0.3, 0.4) is 0 Å². The molecule has 0 amide bonds. The van der Waals surface area contributed by atoms with E-state index in [1.165, 1.54) is 50.7 Å². The zero-order valence-corrected chi connectivity index (χ0v) is 28.8. The molecule has 10 N–H and O–H groups in total. The third kappa shape index (κ3) is 8.05. The molecule has 1 saturated heterocycles. The topological polar surface area (TPSA) is 181 Å². The fourth-order valence-electron chi connectivity index (χ4n) is 7.84. The van der Waals surface area contributed by atoms with E-state index < -0.39 is 61.0 Å². The molecule has 0 radical (unpaired) electrons. The van der Waals surface area contributed by atoms with Crippen LogP contribution in [0.15, 0.2) is 54.6 Å². The lowest BCUT2D eigenvalue weighted by Crippen LogP contribution is -2.68. The number of rotatable bonds is 16. The van der Waals surface area contributed by atoms with Gasteiger partial charge in [0.15, 0.2) is 6.29 Å². The van der Waals surface area contributed by atoms with Crippen molar-refractivity contribution in [2.24, 2.45) is 22.9 Å². The van der Waals surface area contributed by atoms with Gasteiger partial charge in [-0.25, -0.2) is 0 Å². The first-order valence-corrected chi connectivity index (χ1v) is 18.3. The molecule has 10 heteroatoms. The van der Waals surface area contributed by atoms with Crippen molar-refractivity contribution in [3.05, 3.63) is 60.2 Å². The maximum atomic E-state index is 11.3. The van der Waals surface area contributed by atoms with Gasteiger partial charge in [-0.15, -0.1) is 0 Å². The summed E-state index contributed by atoms with van der Waals surface area (Å²) in [6, 6.07) is 18.1. The summed E-state index contributed by atoms with van der Waals surface area (Å²) in [6.07, 6.45) is 2.49. The van der Waals surface area contributed by atoms with Crippen molar-refractivity contribution in [2.45, 2.75) is 126 Å². The van der Waals surface area contributed by atoms with Crippen molar-refractivity contribution in [3.8, 4) is 0 Å². The predicted octanol–water partition coefficient (Wildman–Crippen LogP) is 3.82. The van der Waals surface area contributed by atoms with Crippen LogP contribution in [-0.2, 0) is 25.4 Å². The largest absolute Gasteiger partial charge is 0.388 e. The highest BCUT2D eigenvalue weighted by molar-refractivity contribution is 6.23. The maximum Gasteiger partial charge on any atom is 0.176 e. The summed E-state index contributed by atoms with van der Waals surface area (Å²) in [5.41, 5.74) is 26.7. The van der Waals surface area contributed by atoms with E-state index in [9.17, 15) is 10.2 Å². The first-order chi connectivity index (χ1) is 23.8. The molecule has 4 aromatic rings. The third-order valence-electron chi connectivity index (χ3n) is 10.6. The standard InChI is InChI=1S/C39H56N4O6/c1-2-3-4-5-7-17-46-36-28(41)21-29(42)37(35(36)45)49-39-33(43)38(34(44)30(22-40)48-39)47-18-8-6-10-23-19-26-15-13-24-11-9-12-25-14-16-27(20-23)32(26)31(24)25/h9,11-16,19-20,28-30,33-39,44-45H,2-8,10,17-18,21-22,40-43H2,1H3/t28-,29+,30-,33-,34-,35-,36+,37-,38-,39-/m1/s1. The summed E-state index contributed by atoms with van der Waals surface area (Å²) >= 11 is 0. The monoisotopic (exact) mass is 676 g/mol. The molecule has 2 aliphatic rings. The first kappa shape index (κ1) is 36.3. The van der Waals surface area contributed by atoms with E-state index in [-0.39, 0.29) is 6.54 Å². The summed E-state index contributed by atoms with van der Waals surface area (Å²) in [6.45, 7) is 3.15. The molecule has 0 spiro atoms. The van der Waals surface area contributed by atoms with Crippen LogP contribution in [0.5, 0.6) is 0 Å². The molecule has 268 valence electrons. The van der Waals surface area contributed by atoms with Gasteiger partial charge >= 0.3 is 0 Å². The Hall–Kier alpha value is -2.48. The number of nitrogens with two attached hydrogens (primary N) is 4. The second-order valence-corrected chi connectivity index (χ2v) is 14.2. The Morgan fingerprint density at radius 2 is 1.31 bits per heavy atom. The van der Waals surface area contributed by atoms with Crippen LogP contribution in [0.1, 0.15) is 63.9 Å². The van der Waals surface area contributed by atoms with Gasteiger partial charge in [0.05, 0.1) is 6.04 Å². The summed E-state index contributed by atoms with van der Waals surface area (Å²) in [7, 11) is 0. The van der Waals surface area contributed by atoms with E-state index in [4.69, 9.17) is 41.9 Å². The number of unbranched alkanes of at least 4 members (excludes halogenated alkanes) is 5. The number of aliphatic hydroxyl groups is 2. The highest BCUT2D eigenvalue weighted by atomic mass is 16.7. The molecule has 2 fully saturated rings. The lowest BCUT2D eigenvalue weighted by molar-refractivity contribution is -0.294. The van der Waals surface area contributed by atoms with Gasteiger partial charge in [0.2, 0.25) is 0 Å². The number of benzene rings is 4. The average molecular weight is 677 g/mol. The van der Waals surface area contributed by atoms with E-state index >= 15 is 0 Å². The maximum absolute atomic E-state index is 11.3. The van der Waals surface area contributed by atoms with Gasteiger partial charge in [-0.2, -0.15) is 0 Å². The van der Waals surface area contributed by atoms with E-state index in [1.807, 2.05) is 0 Å². The molecule has 1 saturated carbocycles. The van der Waals surface area contributed by atoms with Gasteiger partial charge < -0.3 is 52.1 Å². The number of aliphatic hydroxyl groups excluding tert-OH is 2. The number of ether oxygens (including phenoxy) is 4. The molecule has 49 heavy (non-hydrogen) atoms. The summed E-state index contributed by atoms with van der Waals surface area (Å²) < 4.78 is 24.6. The Bertz CT molecular complexity index is 1560. The molecular formula is C39H56N4O6. The number of hydrogen-bond acceptors (Lipinski definition) is 10. The van der Waals surface area contributed by atoms with Crippen molar-refractivity contribution >= 4 is 32.3 Å². The SMILES string of the molecule is CCCCCCCO[C@@H]1[C@@H](O)[C@H](O[C@H]2O[C@H](CN)[C@@H](O)[C@H](OCCCCc3cc4ccc5cccc6ccc(c3)c4c56)[C@H]2N)[C@@H](N)C[C@H]1N. The number of aryl methyl sites for hydroxylation is 1. The van der Waals surface area contributed by atoms with Gasteiger partial charge in [-0.1, -0.05) is 87.2 Å². The Labute approximate surface area is 289 Å². The van der Waals surface area contributed by atoms with E-state index in [0.717, 1.165) is 38.5 Å². The average Bonchev–Trinajstić information content (AvgIpc) is 3.10. The zero-order chi connectivity index (χ0) is 34.5. The van der Waals surface area contributed by atoms with Crippen molar-refractivity contribution in [1.29, 1.82) is 0 Å². The van der Waals surface area contributed by atoms with E-state index in [1.54, 1.807) is 0 Å². The van der Waals surface area contributed by atoms with Crippen LogP contribution in [0.4, 0.5) is 0 Å². The molecule has 1 aliphatic heterocycles. The van der Waals surface area contributed by atoms with Gasteiger partial charge in [-0.05, 0) is 70.0 Å². The van der Waals surface area contributed by atoms with Crippen molar-refractivity contribution in [1.82, 2.24) is 0 Å². The smallest absolute Gasteiger partial charge is 0.176 e. The lowest BCUT2D eigenvalue weighted by Gasteiger charge is -2.47. The molecule has 0 aromatic heterocycles. The van der Waals surface area contributed by atoms with E-state index in [2.05, 4.69) is 61.5 Å². The molecule has 1 aliphatic carbocycles. The fraction of sp³-hybridized carbons (Fsp3) is 0.590. The molecular weight excluding hydrogens is 620 g/mol.